The van der Waals surface area contributed by atoms with Crippen molar-refractivity contribution < 1.29 is 43.9 Å². The number of hydrogen-bond donors (Lipinski definition) is 1. The molecule has 1 aliphatic heterocycles. The Bertz CT molecular complexity index is 303. The predicted octanol–water partition coefficient (Wildman–Crippen LogP) is -1.32. The summed E-state index contributed by atoms with van der Waals surface area (Å²) < 4.78 is 0. The Kier molecular flexibility index (Phi) is 7.39. The van der Waals surface area contributed by atoms with Crippen LogP contribution in [0, 0.1) is 5.41 Å². The third-order valence-electron chi connectivity index (χ3n) is 2.57. The number of carbonyl (C=O) groups is 3. The first kappa shape index (κ1) is 17.0. The van der Waals surface area contributed by atoms with E-state index in [0.29, 0.717) is 12.2 Å². The van der Waals surface area contributed by atoms with Crippen molar-refractivity contribution in [1.29, 1.82) is 0 Å². The van der Waals surface area contributed by atoms with Crippen molar-refractivity contribution in [2.24, 2.45) is 5.41 Å². The Morgan fingerprint density at radius 1 is 1.29 bits per heavy atom. The minimum absolute atomic E-state index is 0. The van der Waals surface area contributed by atoms with E-state index < -0.39 is 23.3 Å². The van der Waals surface area contributed by atoms with Crippen molar-refractivity contribution in [3.63, 3.8) is 0 Å². The SMILES string of the molecule is CCCSCC1(CC)C(=O)[N-]C(=O)NC1=O.[Na+]. The molecule has 1 heterocycles. The van der Waals surface area contributed by atoms with E-state index in [9.17, 15) is 14.4 Å². The summed E-state index contributed by atoms with van der Waals surface area (Å²) in [5, 5.41) is 5.41. The zero-order valence-corrected chi connectivity index (χ0v) is 13.2. The molecule has 1 fully saturated rings. The molecule has 0 bridgehead atoms. The van der Waals surface area contributed by atoms with Crippen LogP contribution in [0.25, 0.3) is 5.32 Å². The summed E-state index contributed by atoms with van der Waals surface area (Å²) in [6.45, 7) is 3.79. The average molecular weight is 266 g/mol. The Morgan fingerprint density at radius 2 is 1.94 bits per heavy atom. The van der Waals surface area contributed by atoms with E-state index in [4.69, 9.17) is 0 Å². The van der Waals surface area contributed by atoms with Gasteiger partial charge in [-0.15, -0.1) is 0 Å². The first-order valence-electron chi connectivity index (χ1n) is 5.26. The minimum atomic E-state index is -1.15. The number of urea groups is 1. The quantitative estimate of drug-likeness (QED) is 0.380. The first-order chi connectivity index (χ1) is 7.56. The molecule has 5 nitrogen and oxygen atoms in total. The molecule has 0 spiro atoms. The van der Waals surface area contributed by atoms with E-state index in [0.717, 1.165) is 12.2 Å². The van der Waals surface area contributed by atoms with Gasteiger partial charge in [0, 0.05) is 5.75 Å². The predicted molar refractivity (Wildman–Crippen MR) is 62.2 cm³/mol. The third-order valence-corrected chi connectivity index (χ3v) is 3.96. The normalized spacial score (nSPS) is 23.8. The fourth-order valence-electron chi connectivity index (χ4n) is 1.47. The second kappa shape index (κ2) is 7.41. The maximum atomic E-state index is 11.7. The van der Waals surface area contributed by atoms with Crippen molar-refractivity contribution in [2.45, 2.75) is 26.7 Å². The molecule has 4 amide bonds. The number of amides is 4. The standard InChI is InChI=1S/C10H16N2O3S.Na/c1-3-5-16-6-10(4-2)7(13)11-9(15)12-8(10)14;/h3-6H2,1-2H3,(H2,11,12,13,14,15);/q;+1/p-1. The Morgan fingerprint density at radius 3 is 2.41 bits per heavy atom. The zero-order valence-electron chi connectivity index (χ0n) is 10.4. The largest absolute Gasteiger partial charge is 1.00 e. The monoisotopic (exact) mass is 266 g/mol. The molecule has 1 unspecified atom stereocenters. The number of nitrogens with one attached hydrogen (secondary N) is 1. The molecule has 1 rings (SSSR count). The fourth-order valence-corrected chi connectivity index (χ4v) is 2.71. The smallest absolute Gasteiger partial charge is 0.394 e. The van der Waals surface area contributed by atoms with Crippen LogP contribution in [0.5, 0.6) is 0 Å². The van der Waals surface area contributed by atoms with E-state index in [1.807, 2.05) is 6.92 Å². The number of thioether (sulfide) groups is 1. The maximum Gasteiger partial charge on any atom is 1.00 e. The maximum absolute atomic E-state index is 11.7. The van der Waals surface area contributed by atoms with E-state index in [-0.39, 0.29) is 29.6 Å². The molecule has 1 saturated heterocycles. The molecular weight excluding hydrogens is 251 g/mol. The Labute approximate surface area is 127 Å². The molecule has 0 saturated carbocycles. The van der Waals surface area contributed by atoms with Crippen LogP contribution in [0.4, 0.5) is 4.79 Å². The van der Waals surface area contributed by atoms with Crippen LogP contribution in [0.1, 0.15) is 26.7 Å². The molecule has 17 heavy (non-hydrogen) atoms. The van der Waals surface area contributed by atoms with E-state index in [1.54, 1.807) is 6.92 Å². The van der Waals surface area contributed by atoms with Crippen molar-refractivity contribution in [3.8, 4) is 0 Å². The molecule has 1 aliphatic rings. The number of rotatable bonds is 5. The number of hydrogen-bond acceptors (Lipinski definition) is 4. The average Bonchev–Trinajstić information content (AvgIpc) is 2.22. The molecule has 1 N–H and O–H groups in total. The van der Waals surface area contributed by atoms with Gasteiger partial charge >= 0.3 is 29.6 Å². The summed E-state index contributed by atoms with van der Waals surface area (Å²) in [6.07, 6.45) is 1.35. The topological polar surface area (TPSA) is 77.3 Å². The third kappa shape index (κ3) is 3.71. The molecule has 1 atom stereocenters. The Balaban J connectivity index is 0.00000256. The summed E-state index contributed by atoms with van der Waals surface area (Å²) in [5.41, 5.74) is -1.15. The molecule has 0 aromatic heterocycles. The molecule has 0 aromatic carbocycles. The number of imide groups is 2. The molecule has 0 aromatic rings. The molecule has 90 valence electrons. The van der Waals surface area contributed by atoms with Crippen LogP contribution in [-0.4, -0.2) is 29.4 Å². The van der Waals surface area contributed by atoms with Gasteiger partial charge in [-0.2, -0.15) is 11.8 Å². The van der Waals surface area contributed by atoms with Crippen LogP contribution in [0.3, 0.4) is 0 Å². The zero-order chi connectivity index (χ0) is 12.2. The summed E-state index contributed by atoms with van der Waals surface area (Å²) in [4.78, 5) is 34.3. The molecule has 0 radical (unpaired) electrons. The van der Waals surface area contributed by atoms with E-state index in [1.165, 1.54) is 11.8 Å². The first-order valence-corrected chi connectivity index (χ1v) is 6.41. The number of carbonyl (C=O) groups excluding carboxylic acids is 3. The van der Waals surface area contributed by atoms with E-state index >= 15 is 0 Å². The summed E-state index contributed by atoms with van der Waals surface area (Å²) in [6, 6.07) is -0.848. The Hall–Kier alpha value is -0.0400. The van der Waals surface area contributed by atoms with Gasteiger partial charge < -0.3 is 10.6 Å². The van der Waals surface area contributed by atoms with Crippen LogP contribution in [0.2, 0.25) is 0 Å². The van der Waals surface area contributed by atoms with Gasteiger partial charge in [0.15, 0.2) is 17.8 Å². The van der Waals surface area contributed by atoms with Gasteiger partial charge in [-0.25, -0.2) is 0 Å². The second-order valence-corrected chi connectivity index (χ2v) is 4.77. The van der Waals surface area contributed by atoms with E-state index in [2.05, 4.69) is 10.6 Å². The van der Waals surface area contributed by atoms with Crippen molar-refractivity contribution in [3.05, 3.63) is 5.32 Å². The molecule has 7 heteroatoms. The van der Waals surface area contributed by atoms with Crippen LogP contribution >= 0.6 is 11.8 Å². The summed E-state index contributed by atoms with van der Waals surface area (Å²) in [7, 11) is 0. The van der Waals surface area contributed by atoms with Gasteiger partial charge in [-0.05, 0) is 18.6 Å². The molecule has 0 aliphatic carbocycles. The van der Waals surface area contributed by atoms with Crippen LogP contribution in [-0.2, 0) is 9.59 Å². The van der Waals surface area contributed by atoms with Crippen molar-refractivity contribution in [2.75, 3.05) is 11.5 Å². The van der Waals surface area contributed by atoms with Gasteiger partial charge in [0.05, 0.1) is 5.41 Å². The minimum Gasteiger partial charge on any atom is -0.394 e. The van der Waals surface area contributed by atoms with Gasteiger partial charge in [-0.1, -0.05) is 13.8 Å². The van der Waals surface area contributed by atoms with Gasteiger partial charge in [0.2, 0.25) is 0 Å². The molecular formula is C10H15N2NaO3S. The fraction of sp³-hybridized carbons (Fsp3) is 0.700. The van der Waals surface area contributed by atoms with Crippen LogP contribution < -0.4 is 34.9 Å². The van der Waals surface area contributed by atoms with Gasteiger partial charge in [0.1, 0.15) is 0 Å². The van der Waals surface area contributed by atoms with Gasteiger partial charge in [-0.3, -0.25) is 14.4 Å². The summed E-state index contributed by atoms with van der Waals surface area (Å²) >= 11 is 1.54. The second-order valence-electron chi connectivity index (χ2n) is 3.66. The van der Waals surface area contributed by atoms with Crippen LogP contribution in [0.15, 0.2) is 0 Å². The van der Waals surface area contributed by atoms with Crippen molar-refractivity contribution >= 4 is 29.6 Å². The number of nitrogens with zero attached hydrogens (tertiary/aromatic N) is 1. The number of barbiturate groups is 1. The van der Waals surface area contributed by atoms with Crippen molar-refractivity contribution in [1.82, 2.24) is 5.32 Å². The van der Waals surface area contributed by atoms with Gasteiger partial charge in [0.25, 0.3) is 0 Å². The summed E-state index contributed by atoms with van der Waals surface area (Å²) in [5.74, 6) is 0.158.